The van der Waals surface area contributed by atoms with Crippen LogP contribution in [0.15, 0.2) is 43.6 Å². The molecule has 1 amide bonds. The maximum absolute atomic E-state index is 11.4. The van der Waals surface area contributed by atoms with Crippen LogP contribution in [0, 0.1) is 0 Å². The van der Waals surface area contributed by atoms with E-state index in [1.807, 2.05) is 29.2 Å². The Kier molecular flexibility index (Phi) is 6.32. The van der Waals surface area contributed by atoms with Gasteiger partial charge in [-0.05, 0) is 12.1 Å². The lowest BCUT2D eigenvalue weighted by Crippen LogP contribution is -2.24. The fourth-order valence-corrected chi connectivity index (χ4v) is 1.57. The summed E-state index contributed by atoms with van der Waals surface area (Å²) < 4.78 is 0. The summed E-state index contributed by atoms with van der Waals surface area (Å²) in [5.41, 5.74) is 5.98. The van der Waals surface area contributed by atoms with E-state index in [2.05, 4.69) is 23.5 Å². The molecule has 0 saturated carbocycles. The molecular formula is C14H20N4O. The van der Waals surface area contributed by atoms with Crippen LogP contribution < -0.4 is 16.0 Å². The molecule has 0 atom stereocenters. The van der Waals surface area contributed by atoms with E-state index < -0.39 is 0 Å². The summed E-state index contributed by atoms with van der Waals surface area (Å²) in [5.74, 6) is 0.711. The highest BCUT2D eigenvalue weighted by atomic mass is 16.1. The van der Waals surface area contributed by atoms with Gasteiger partial charge < -0.3 is 16.0 Å². The van der Waals surface area contributed by atoms with Crippen molar-refractivity contribution in [3.8, 4) is 0 Å². The first-order valence-electron chi connectivity index (χ1n) is 6.14. The summed E-state index contributed by atoms with van der Waals surface area (Å²) in [5, 5.41) is 2.73. The Balaban J connectivity index is 2.70. The second-order valence-corrected chi connectivity index (χ2v) is 3.97. The van der Waals surface area contributed by atoms with Crippen LogP contribution >= 0.6 is 0 Å². The van der Waals surface area contributed by atoms with E-state index in [1.165, 1.54) is 0 Å². The first kappa shape index (κ1) is 14.9. The van der Waals surface area contributed by atoms with Crippen molar-refractivity contribution in [3.63, 3.8) is 0 Å². The monoisotopic (exact) mass is 260 g/mol. The smallest absolute Gasteiger partial charge is 0.225 e. The maximum Gasteiger partial charge on any atom is 0.225 e. The minimum atomic E-state index is -0.105. The number of hydrogen-bond acceptors (Lipinski definition) is 4. The number of carbonyl (C=O) groups excluding carboxylic acids is 1. The molecule has 1 aromatic heterocycles. The fraction of sp³-hybridized carbons (Fsp3) is 0.286. The second-order valence-electron chi connectivity index (χ2n) is 3.97. The third-order valence-electron chi connectivity index (χ3n) is 2.43. The largest absolute Gasteiger partial charge is 0.349 e. The molecule has 0 spiro atoms. The van der Waals surface area contributed by atoms with Gasteiger partial charge in [0, 0.05) is 26.1 Å². The number of hydrogen-bond donors (Lipinski definition) is 2. The fourth-order valence-electron chi connectivity index (χ4n) is 1.57. The minimum Gasteiger partial charge on any atom is -0.349 e. The Bertz CT molecular complexity index is 418. The van der Waals surface area contributed by atoms with E-state index in [0.717, 1.165) is 5.82 Å². The molecule has 0 fully saturated rings. The normalized spacial score (nSPS) is 9.74. The average molecular weight is 260 g/mol. The van der Waals surface area contributed by atoms with E-state index in [0.29, 0.717) is 31.7 Å². The lowest BCUT2D eigenvalue weighted by molar-refractivity contribution is -0.116. The lowest BCUT2D eigenvalue weighted by atomic mass is 10.3. The molecule has 0 aliphatic heterocycles. The van der Waals surface area contributed by atoms with Crippen molar-refractivity contribution in [3.05, 3.63) is 43.6 Å². The summed E-state index contributed by atoms with van der Waals surface area (Å²) in [6.45, 7) is 9.15. The number of nitrogens with two attached hydrogens (primary N) is 1. The van der Waals surface area contributed by atoms with Crippen molar-refractivity contribution in [2.24, 2.45) is 5.73 Å². The van der Waals surface area contributed by atoms with Crippen LogP contribution in [0.1, 0.15) is 6.42 Å². The Hall–Kier alpha value is -2.14. The van der Waals surface area contributed by atoms with E-state index in [9.17, 15) is 4.79 Å². The van der Waals surface area contributed by atoms with Crippen molar-refractivity contribution in [2.45, 2.75) is 6.42 Å². The zero-order chi connectivity index (χ0) is 14.1. The Morgan fingerprint density at radius 1 is 1.37 bits per heavy atom. The van der Waals surface area contributed by atoms with Gasteiger partial charge in [0.05, 0.1) is 11.9 Å². The summed E-state index contributed by atoms with van der Waals surface area (Å²) in [4.78, 5) is 17.7. The van der Waals surface area contributed by atoms with Crippen LogP contribution in [0.25, 0.3) is 0 Å². The van der Waals surface area contributed by atoms with Gasteiger partial charge in [0.1, 0.15) is 5.82 Å². The molecule has 1 aromatic rings. The van der Waals surface area contributed by atoms with Crippen molar-refractivity contribution in [2.75, 3.05) is 29.9 Å². The number of aromatic nitrogens is 1. The Labute approximate surface area is 113 Å². The van der Waals surface area contributed by atoms with Crippen LogP contribution in [0.2, 0.25) is 0 Å². The topological polar surface area (TPSA) is 71.2 Å². The molecule has 3 N–H and O–H groups in total. The van der Waals surface area contributed by atoms with Crippen LogP contribution in [0.4, 0.5) is 11.5 Å². The van der Waals surface area contributed by atoms with E-state index in [-0.39, 0.29) is 5.91 Å². The van der Waals surface area contributed by atoms with Crippen LogP contribution in [0.5, 0.6) is 0 Å². The predicted octanol–water partition coefficient (Wildman–Crippen LogP) is 1.55. The molecular weight excluding hydrogens is 240 g/mol. The summed E-state index contributed by atoms with van der Waals surface area (Å²) in [6, 6.07) is 3.67. The predicted molar refractivity (Wildman–Crippen MR) is 79.1 cm³/mol. The molecule has 5 nitrogen and oxygen atoms in total. The number of nitrogens with one attached hydrogen (secondary N) is 1. The van der Waals surface area contributed by atoms with Crippen LogP contribution in [0.3, 0.4) is 0 Å². The van der Waals surface area contributed by atoms with Gasteiger partial charge in [-0.2, -0.15) is 0 Å². The molecule has 1 heterocycles. The van der Waals surface area contributed by atoms with E-state index >= 15 is 0 Å². The van der Waals surface area contributed by atoms with Gasteiger partial charge in [-0.1, -0.05) is 12.2 Å². The van der Waals surface area contributed by atoms with Crippen LogP contribution in [-0.4, -0.2) is 30.5 Å². The quantitative estimate of drug-likeness (QED) is 0.696. The highest BCUT2D eigenvalue weighted by molar-refractivity contribution is 5.90. The Morgan fingerprint density at radius 2 is 2.05 bits per heavy atom. The van der Waals surface area contributed by atoms with Crippen molar-refractivity contribution < 1.29 is 4.79 Å². The van der Waals surface area contributed by atoms with Crippen molar-refractivity contribution in [1.29, 1.82) is 0 Å². The number of anilines is 2. The maximum atomic E-state index is 11.4. The number of amides is 1. The molecule has 0 radical (unpaired) electrons. The molecule has 0 aliphatic rings. The number of pyridine rings is 1. The number of carbonyl (C=O) groups is 1. The van der Waals surface area contributed by atoms with Gasteiger partial charge in [-0.25, -0.2) is 4.98 Å². The van der Waals surface area contributed by atoms with Crippen LogP contribution in [-0.2, 0) is 4.79 Å². The van der Waals surface area contributed by atoms with Crippen molar-refractivity contribution in [1.82, 2.24) is 4.98 Å². The number of rotatable bonds is 8. The van der Waals surface area contributed by atoms with E-state index in [1.54, 1.807) is 6.20 Å². The molecule has 102 valence electrons. The van der Waals surface area contributed by atoms with Gasteiger partial charge in [0.2, 0.25) is 5.91 Å². The third kappa shape index (κ3) is 4.93. The van der Waals surface area contributed by atoms with Gasteiger partial charge >= 0.3 is 0 Å². The summed E-state index contributed by atoms with van der Waals surface area (Å²) in [7, 11) is 0. The third-order valence-corrected chi connectivity index (χ3v) is 2.43. The number of nitrogens with zero attached hydrogens (tertiary/aromatic N) is 2. The van der Waals surface area contributed by atoms with E-state index in [4.69, 9.17) is 5.73 Å². The summed E-state index contributed by atoms with van der Waals surface area (Å²) >= 11 is 0. The molecule has 0 aliphatic carbocycles. The van der Waals surface area contributed by atoms with Gasteiger partial charge in [-0.3, -0.25) is 4.79 Å². The van der Waals surface area contributed by atoms with Crippen molar-refractivity contribution >= 4 is 17.4 Å². The molecule has 0 unspecified atom stereocenters. The van der Waals surface area contributed by atoms with Gasteiger partial charge in [0.15, 0.2) is 0 Å². The SMILES string of the molecule is C=CCN(CC=C)c1ccc(NC(=O)CCN)cn1. The minimum absolute atomic E-state index is 0.105. The zero-order valence-corrected chi connectivity index (χ0v) is 11.0. The standard InChI is InChI=1S/C14H20N4O/c1-3-9-18(10-4-2)13-6-5-12(11-16-13)17-14(19)7-8-15/h3-6,11H,1-2,7-10,15H2,(H,17,19). The van der Waals surface area contributed by atoms with Gasteiger partial charge in [0.25, 0.3) is 0 Å². The highest BCUT2D eigenvalue weighted by Gasteiger charge is 2.05. The zero-order valence-electron chi connectivity index (χ0n) is 11.0. The molecule has 19 heavy (non-hydrogen) atoms. The Morgan fingerprint density at radius 3 is 2.53 bits per heavy atom. The lowest BCUT2D eigenvalue weighted by Gasteiger charge is -2.20. The molecule has 0 bridgehead atoms. The summed E-state index contributed by atoms with van der Waals surface area (Å²) in [6.07, 6.45) is 5.55. The first-order valence-corrected chi connectivity index (χ1v) is 6.14. The molecule has 0 saturated heterocycles. The second kappa shape index (κ2) is 8.05. The molecule has 1 rings (SSSR count). The first-order chi connectivity index (χ1) is 9.21. The molecule has 5 heteroatoms. The molecule has 0 aromatic carbocycles. The van der Waals surface area contributed by atoms with Gasteiger partial charge in [-0.15, -0.1) is 13.2 Å². The average Bonchev–Trinajstić information content (AvgIpc) is 2.40. The highest BCUT2D eigenvalue weighted by Crippen LogP contribution is 2.14.